The Balaban J connectivity index is 1.45. The first-order valence-electron chi connectivity index (χ1n) is 8.25. The van der Waals surface area contributed by atoms with E-state index in [4.69, 9.17) is 9.15 Å². The van der Waals surface area contributed by atoms with E-state index in [0.717, 1.165) is 11.1 Å². The molecule has 4 rings (SSSR count). The normalized spacial score (nSPS) is 11.0. The minimum atomic E-state index is -0.461. The first-order valence-corrected chi connectivity index (χ1v) is 8.25. The van der Waals surface area contributed by atoms with Gasteiger partial charge in [0.1, 0.15) is 5.52 Å². The molecule has 2 aromatic carbocycles. The molecule has 0 aliphatic heterocycles. The summed E-state index contributed by atoms with van der Waals surface area (Å²) < 4.78 is 12.7. The molecule has 7 heteroatoms. The maximum Gasteiger partial charge on any atom is 0.338 e. The van der Waals surface area contributed by atoms with Crippen LogP contribution in [-0.4, -0.2) is 25.9 Å². The van der Waals surface area contributed by atoms with Gasteiger partial charge in [0.15, 0.2) is 12.4 Å². The van der Waals surface area contributed by atoms with E-state index in [1.54, 1.807) is 23.0 Å². The zero-order valence-corrected chi connectivity index (χ0v) is 14.1. The lowest BCUT2D eigenvalue weighted by Crippen LogP contribution is -2.05. The molecule has 7 nitrogen and oxygen atoms in total. The molecular formula is C19H16N4O3. The number of hydrogen-bond donors (Lipinski definition) is 0. The van der Waals surface area contributed by atoms with Crippen LogP contribution in [0.25, 0.3) is 22.4 Å². The Labute approximate surface area is 149 Å². The minimum absolute atomic E-state index is 0.0364. The van der Waals surface area contributed by atoms with E-state index in [0.29, 0.717) is 29.3 Å². The number of aromatic nitrogens is 4. The van der Waals surface area contributed by atoms with Gasteiger partial charge in [-0.25, -0.2) is 14.5 Å². The van der Waals surface area contributed by atoms with Crippen LogP contribution in [0.5, 0.6) is 0 Å². The van der Waals surface area contributed by atoms with E-state index in [1.165, 1.54) is 0 Å². The van der Waals surface area contributed by atoms with Gasteiger partial charge < -0.3 is 9.15 Å². The third-order valence-electron chi connectivity index (χ3n) is 3.99. The predicted octanol–water partition coefficient (Wildman–Crippen LogP) is 3.46. The van der Waals surface area contributed by atoms with E-state index in [-0.39, 0.29) is 6.61 Å². The number of carbonyl (C=O) groups excluding carboxylic acids is 1. The van der Waals surface area contributed by atoms with Crippen molar-refractivity contribution in [2.24, 2.45) is 0 Å². The molecule has 0 aliphatic rings. The fraction of sp³-hybridized carbons (Fsp3) is 0.158. The van der Waals surface area contributed by atoms with Gasteiger partial charge in [-0.2, -0.15) is 0 Å². The zero-order chi connectivity index (χ0) is 17.9. The lowest BCUT2D eigenvalue weighted by atomic mass is 10.2. The second-order valence-corrected chi connectivity index (χ2v) is 5.67. The third-order valence-corrected chi connectivity index (χ3v) is 3.99. The van der Waals surface area contributed by atoms with Crippen LogP contribution in [0.4, 0.5) is 0 Å². The van der Waals surface area contributed by atoms with Crippen molar-refractivity contribution in [2.75, 3.05) is 0 Å². The molecule has 0 spiro atoms. The molecule has 0 saturated heterocycles. The summed E-state index contributed by atoms with van der Waals surface area (Å²) in [5, 5.41) is 8.09. The number of benzene rings is 2. The summed E-state index contributed by atoms with van der Waals surface area (Å²) in [6.45, 7) is 2.66. The third kappa shape index (κ3) is 3.06. The highest BCUT2D eigenvalue weighted by Gasteiger charge is 2.13. The molecule has 0 atom stereocenters. The van der Waals surface area contributed by atoms with E-state index < -0.39 is 5.97 Å². The van der Waals surface area contributed by atoms with Crippen molar-refractivity contribution in [2.45, 2.75) is 20.1 Å². The van der Waals surface area contributed by atoms with Gasteiger partial charge in [-0.3, -0.25) is 0 Å². The summed E-state index contributed by atoms with van der Waals surface area (Å²) in [4.78, 5) is 16.4. The molecule has 0 bridgehead atoms. The van der Waals surface area contributed by atoms with Crippen LogP contribution in [-0.2, 0) is 17.9 Å². The smallest absolute Gasteiger partial charge is 0.338 e. The van der Waals surface area contributed by atoms with Gasteiger partial charge >= 0.3 is 5.97 Å². The second kappa shape index (κ2) is 6.79. The highest BCUT2D eigenvalue weighted by Crippen LogP contribution is 2.20. The standard InChI is InChI=1S/C19H16N4O3/c1-2-23-16-9-8-14(10-15(16)21-22-23)19(24)25-12-18-20-11-17(26-18)13-6-4-3-5-7-13/h3-11H,2,12H2,1H3. The number of rotatable bonds is 5. The van der Waals surface area contributed by atoms with Gasteiger partial charge in [0.05, 0.1) is 17.3 Å². The lowest BCUT2D eigenvalue weighted by molar-refractivity contribution is 0.0439. The molecule has 4 aromatic rings. The number of hydrogen-bond acceptors (Lipinski definition) is 6. The summed E-state index contributed by atoms with van der Waals surface area (Å²) in [7, 11) is 0. The molecule has 2 heterocycles. The van der Waals surface area contributed by atoms with Crippen LogP contribution in [0.1, 0.15) is 23.2 Å². The Hall–Kier alpha value is -3.48. The molecule has 26 heavy (non-hydrogen) atoms. The van der Waals surface area contributed by atoms with Crippen LogP contribution in [0.3, 0.4) is 0 Å². The quantitative estimate of drug-likeness (QED) is 0.514. The molecule has 0 N–H and O–H groups in total. The highest BCUT2D eigenvalue weighted by atomic mass is 16.5. The van der Waals surface area contributed by atoms with Crippen LogP contribution in [0, 0.1) is 0 Å². The van der Waals surface area contributed by atoms with Crippen LogP contribution >= 0.6 is 0 Å². The molecule has 0 fully saturated rings. The molecule has 130 valence electrons. The van der Waals surface area contributed by atoms with Crippen molar-refractivity contribution in [3.05, 3.63) is 66.2 Å². The number of oxazole rings is 1. The van der Waals surface area contributed by atoms with Gasteiger partial charge in [0, 0.05) is 12.1 Å². The van der Waals surface area contributed by atoms with Crippen molar-refractivity contribution in [1.82, 2.24) is 20.0 Å². The van der Waals surface area contributed by atoms with E-state index in [9.17, 15) is 4.79 Å². The van der Waals surface area contributed by atoms with Crippen LogP contribution in [0.15, 0.2) is 59.1 Å². The summed E-state index contributed by atoms with van der Waals surface area (Å²) in [6.07, 6.45) is 1.62. The van der Waals surface area contributed by atoms with Crippen molar-refractivity contribution in [3.8, 4) is 11.3 Å². The van der Waals surface area contributed by atoms with E-state index in [2.05, 4.69) is 15.3 Å². The minimum Gasteiger partial charge on any atom is -0.452 e. The molecule has 0 unspecified atom stereocenters. The Bertz CT molecular complexity index is 1050. The first kappa shape index (κ1) is 16.0. The number of aryl methyl sites for hydroxylation is 1. The topological polar surface area (TPSA) is 83.0 Å². The monoisotopic (exact) mass is 348 g/mol. The maximum absolute atomic E-state index is 12.3. The van der Waals surface area contributed by atoms with Crippen molar-refractivity contribution >= 4 is 17.0 Å². The van der Waals surface area contributed by atoms with Crippen LogP contribution in [0.2, 0.25) is 0 Å². The van der Waals surface area contributed by atoms with E-state index >= 15 is 0 Å². The Morgan fingerprint density at radius 2 is 2.04 bits per heavy atom. The van der Waals surface area contributed by atoms with Gasteiger partial charge in [-0.15, -0.1) is 5.10 Å². The summed E-state index contributed by atoms with van der Waals surface area (Å²) in [6, 6.07) is 14.8. The second-order valence-electron chi connectivity index (χ2n) is 5.67. The van der Waals surface area contributed by atoms with Crippen molar-refractivity contribution in [3.63, 3.8) is 0 Å². The Morgan fingerprint density at radius 3 is 2.85 bits per heavy atom. The highest BCUT2D eigenvalue weighted by molar-refractivity contribution is 5.93. The average Bonchev–Trinajstić information content (AvgIpc) is 3.33. The number of esters is 1. The Morgan fingerprint density at radius 1 is 1.19 bits per heavy atom. The Kier molecular flexibility index (Phi) is 4.18. The first-order chi connectivity index (χ1) is 12.7. The van der Waals surface area contributed by atoms with Crippen LogP contribution < -0.4 is 0 Å². The molecule has 0 radical (unpaired) electrons. The van der Waals surface area contributed by atoms with E-state index in [1.807, 2.05) is 43.3 Å². The fourth-order valence-corrected chi connectivity index (χ4v) is 2.66. The molecular weight excluding hydrogens is 332 g/mol. The van der Waals surface area contributed by atoms with Gasteiger partial charge in [0.25, 0.3) is 0 Å². The van der Waals surface area contributed by atoms with Gasteiger partial charge in [-0.05, 0) is 25.1 Å². The summed E-state index contributed by atoms with van der Waals surface area (Å²) in [5.41, 5.74) is 2.87. The summed E-state index contributed by atoms with van der Waals surface area (Å²) >= 11 is 0. The predicted molar refractivity (Wildman–Crippen MR) is 94.3 cm³/mol. The number of nitrogens with zero attached hydrogens (tertiary/aromatic N) is 4. The molecule has 2 aromatic heterocycles. The van der Waals surface area contributed by atoms with Gasteiger partial charge in [-0.1, -0.05) is 35.5 Å². The lowest BCUT2D eigenvalue weighted by Gasteiger charge is -2.03. The average molecular weight is 348 g/mol. The molecule has 0 saturated carbocycles. The van der Waals surface area contributed by atoms with Crippen molar-refractivity contribution in [1.29, 1.82) is 0 Å². The number of fused-ring (bicyclic) bond motifs is 1. The largest absolute Gasteiger partial charge is 0.452 e. The number of ether oxygens (including phenoxy) is 1. The van der Waals surface area contributed by atoms with Gasteiger partial charge in [0.2, 0.25) is 5.89 Å². The molecule has 0 aliphatic carbocycles. The fourth-order valence-electron chi connectivity index (χ4n) is 2.66. The summed E-state index contributed by atoms with van der Waals surface area (Å²) in [5.74, 6) is 0.516. The SMILES string of the molecule is CCn1nnc2cc(C(=O)OCc3ncc(-c4ccccc4)o3)ccc21. The zero-order valence-electron chi connectivity index (χ0n) is 14.1. The molecule has 0 amide bonds. The maximum atomic E-state index is 12.3. The number of carbonyl (C=O) groups is 1. The van der Waals surface area contributed by atoms with Crippen molar-refractivity contribution < 1.29 is 13.9 Å².